The third kappa shape index (κ3) is 4.94. The highest BCUT2D eigenvalue weighted by Crippen LogP contribution is 2.16. The van der Waals surface area contributed by atoms with E-state index in [1.54, 1.807) is 0 Å². The molecule has 0 aromatic heterocycles. The fourth-order valence-electron chi connectivity index (χ4n) is 2.19. The molecule has 0 radical (unpaired) electrons. The third-order valence-corrected chi connectivity index (χ3v) is 2.93. The number of rotatable bonds is 3. The largest absolute Gasteiger partial charge is 0.444 e. The second-order valence-electron chi connectivity index (χ2n) is 6.12. The summed E-state index contributed by atoms with van der Waals surface area (Å²) in [6.07, 6.45) is 1.99. The summed E-state index contributed by atoms with van der Waals surface area (Å²) in [6, 6.07) is 0.523. The fourth-order valence-corrected chi connectivity index (χ4v) is 2.19. The fraction of sp³-hybridized carbons (Fsp3) is 0.923. The van der Waals surface area contributed by atoms with E-state index >= 15 is 0 Å². The molecule has 0 aromatic rings. The molecule has 4 nitrogen and oxygen atoms in total. The van der Waals surface area contributed by atoms with Crippen LogP contribution < -0.4 is 10.6 Å². The van der Waals surface area contributed by atoms with Crippen LogP contribution in [0.25, 0.3) is 0 Å². The van der Waals surface area contributed by atoms with Gasteiger partial charge in [-0.05, 0) is 46.1 Å². The van der Waals surface area contributed by atoms with Gasteiger partial charge in [0.1, 0.15) is 5.60 Å². The van der Waals surface area contributed by atoms with Gasteiger partial charge in [0.15, 0.2) is 0 Å². The molecule has 2 N–H and O–H groups in total. The number of hydrogen-bond acceptors (Lipinski definition) is 3. The monoisotopic (exact) mass is 242 g/mol. The second-order valence-corrected chi connectivity index (χ2v) is 6.12. The molecule has 100 valence electrons. The van der Waals surface area contributed by atoms with Crippen LogP contribution in [-0.2, 0) is 4.74 Å². The van der Waals surface area contributed by atoms with Gasteiger partial charge >= 0.3 is 6.09 Å². The van der Waals surface area contributed by atoms with Crippen molar-refractivity contribution in [3.05, 3.63) is 0 Å². The van der Waals surface area contributed by atoms with E-state index in [4.69, 9.17) is 4.74 Å². The summed E-state index contributed by atoms with van der Waals surface area (Å²) >= 11 is 0. The lowest BCUT2D eigenvalue weighted by atomic mass is 9.95. The minimum atomic E-state index is -0.436. The Morgan fingerprint density at radius 2 is 2.06 bits per heavy atom. The van der Waals surface area contributed by atoms with Gasteiger partial charge in [-0.1, -0.05) is 13.8 Å². The van der Waals surface area contributed by atoms with E-state index in [9.17, 15) is 4.79 Å². The van der Waals surface area contributed by atoms with Gasteiger partial charge in [0.05, 0.1) is 0 Å². The topological polar surface area (TPSA) is 50.4 Å². The van der Waals surface area contributed by atoms with E-state index in [2.05, 4.69) is 24.5 Å². The zero-order valence-corrected chi connectivity index (χ0v) is 11.7. The molecule has 1 aliphatic heterocycles. The Kier molecular flexibility index (Phi) is 4.80. The quantitative estimate of drug-likeness (QED) is 0.798. The zero-order valence-electron chi connectivity index (χ0n) is 11.7. The Labute approximate surface area is 104 Å². The molecule has 1 saturated heterocycles. The molecule has 0 saturated carbocycles. The first-order valence-electron chi connectivity index (χ1n) is 6.52. The molecule has 1 amide bonds. The molecule has 1 heterocycles. The highest BCUT2D eigenvalue weighted by Gasteiger charge is 2.29. The van der Waals surface area contributed by atoms with E-state index in [0.717, 1.165) is 13.0 Å². The highest BCUT2D eigenvalue weighted by molar-refractivity contribution is 5.68. The van der Waals surface area contributed by atoms with Gasteiger partial charge in [-0.25, -0.2) is 4.79 Å². The Hall–Kier alpha value is -0.770. The van der Waals surface area contributed by atoms with Crippen LogP contribution in [0.15, 0.2) is 0 Å². The van der Waals surface area contributed by atoms with Gasteiger partial charge in [-0.3, -0.25) is 0 Å². The molecule has 2 atom stereocenters. The summed E-state index contributed by atoms with van der Waals surface area (Å²) in [5.41, 5.74) is -0.436. The van der Waals surface area contributed by atoms with Crippen molar-refractivity contribution in [2.24, 2.45) is 5.92 Å². The van der Waals surface area contributed by atoms with Crippen LogP contribution in [0, 0.1) is 5.92 Å². The number of carbonyl (C=O) groups excluding carboxylic acids is 1. The average Bonchev–Trinajstić information content (AvgIpc) is 2.63. The second kappa shape index (κ2) is 5.71. The Balaban J connectivity index is 2.52. The average molecular weight is 242 g/mol. The molecule has 0 aromatic carbocycles. The van der Waals surface area contributed by atoms with Crippen LogP contribution in [0.5, 0.6) is 0 Å². The maximum atomic E-state index is 11.8. The Bertz CT molecular complexity index is 253. The van der Waals surface area contributed by atoms with Gasteiger partial charge < -0.3 is 15.4 Å². The number of nitrogens with one attached hydrogen (secondary N) is 2. The van der Waals surface area contributed by atoms with Crippen LogP contribution in [0.2, 0.25) is 0 Å². The maximum Gasteiger partial charge on any atom is 0.407 e. The van der Waals surface area contributed by atoms with Crippen molar-refractivity contribution in [2.45, 2.75) is 65.1 Å². The van der Waals surface area contributed by atoms with Crippen LogP contribution >= 0.6 is 0 Å². The molecule has 0 bridgehead atoms. The number of alkyl carbamates (subject to hydrolysis) is 1. The predicted octanol–water partition coefficient (Wildman–Crippen LogP) is 2.29. The highest BCUT2D eigenvalue weighted by atomic mass is 16.6. The summed E-state index contributed by atoms with van der Waals surface area (Å²) in [5.74, 6) is 0.401. The smallest absolute Gasteiger partial charge is 0.407 e. The van der Waals surface area contributed by atoms with Gasteiger partial charge in [0, 0.05) is 12.1 Å². The lowest BCUT2D eigenvalue weighted by molar-refractivity contribution is 0.0477. The van der Waals surface area contributed by atoms with Crippen LogP contribution in [-0.4, -0.2) is 30.3 Å². The van der Waals surface area contributed by atoms with Gasteiger partial charge in [-0.2, -0.15) is 0 Å². The molecule has 0 aliphatic carbocycles. The van der Waals surface area contributed by atoms with Gasteiger partial charge in [0.2, 0.25) is 0 Å². The van der Waals surface area contributed by atoms with Crippen LogP contribution in [0.1, 0.15) is 47.5 Å². The number of ether oxygens (including phenoxy) is 1. The van der Waals surface area contributed by atoms with E-state index in [1.165, 1.54) is 6.42 Å². The molecule has 4 heteroatoms. The molecule has 1 aliphatic rings. The van der Waals surface area contributed by atoms with E-state index < -0.39 is 5.60 Å². The summed E-state index contributed by atoms with van der Waals surface area (Å²) in [6.45, 7) is 10.9. The minimum Gasteiger partial charge on any atom is -0.444 e. The Morgan fingerprint density at radius 3 is 2.47 bits per heavy atom. The normalized spacial score (nSPS) is 22.6. The first kappa shape index (κ1) is 14.3. The lowest BCUT2D eigenvalue weighted by Crippen LogP contribution is -2.51. The van der Waals surface area contributed by atoms with Crippen LogP contribution in [0.3, 0.4) is 0 Å². The molecule has 17 heavy (non-hydrogen) atoms. The van der Waals surface area contributed by atoms with E-state index in [-0.39, 0.29) is 12.1 Å². The molecular formula is C13H26N2O2. The first-order valence-corrected chi connectivity index (χ1v) is 6.52. The van der Waals surface area contributed by atoms with Crippen molar-refractivity contribution in [1.29, 1.82) is 0 Å². The van der Waals surface area contributed by atoms with Gasteiger partial charge in [-0.15, -0.1) is 0 Å². The maximum absolute atomic E-state index is 11.8. The third-order valence-electron chi connectivity index (χ3n) is 2.93. The summed E-state index contributed by atoms with van der Waals surface area (Å²) < 4.78 is 5.30. The Morgan fingerprint density at radius 1 is 1.41 bits per heavy atom. The van der Waals surface area contributed by atoms with Crippen LogP contribution in [0.4, 0.5) is 4.79 Å². The lowest BCUT2D eigenvalue weighted by Gasteiger charge is -2.29. The van der Waals surface area contributed by atoms with Crippen molar-refractivity contribution in [1.82, 2.24) is 10.6 Å². The molecule has 2 unspecified atom stereocenters. The van der Waals surface area contributed by atoms with Crippen molar-refractivity contribution < 1.29 is 9.53 Å². The summed E-state index contributed by atoms with van der Waals surface area (Å²) in [4.78, 5) is 11.8. The molecule has 0 spiro atoms. The van der Waals surface area contributed by atoms with E-state index in [1.807, 2.05) is 20.8 Å². The predicted molar refractivity (Wildman–Crippen MR) is 69.0 cm³/mol. The van der Waals surface area contributed by atoms with E-state index in [0.29, 0.717) is 12.0 Å². The zero-order chi connectivity index (χ0) is 13.1. The number of hydrogen-bond donors (Lipinski definition) is 2. The van der Waals surface area contributed by atoms with Gasteiger partial charge in [0.25, 0.3) is 0 Å². The number of amides is 1. The standard InChI is InChI=1S/C13H26N2O2/c1-9(2)11(10-7-6-8-14-10)15-12(16)17-13(3,4)5/h9-11,14H,6-8H2,1-5H3,(H,15,16). The molecule has 1 fully saturated rings. The summed E-state index contributed by atoms with van der Waals surface area (Å²) in [5, 5.41) is 6.43. The number of carbonyl (C=O) groups is 1. The van der Waals surface area contributed by atoms with Crippen molar-refractivity contribution in [2.75, 3.05) is 6.54 Å². The van der Waals surface area contributed by atoms with Crippen molar-refractivity contribution in [3.8, 4) is 0 Å². The molecule has 1 rings (SSSR count). The van der Waals surface area contributed by atoms with Crippen molar-refractivity contribution >= 4 is 6.09 Å². The SMILES string of the molecule is CC(C)C(NC(=O)OC(C)(C)C)C1CCCN1. The first-order chi connectivity index (χ1) is 7.79. The molecular weight excluding hydrogens is 216 g/mol. The minimum absolute atomic E-state index is 0.146. The van der Waals surface area contributed by atoms with Crippen molar-refractivity contribution in [3.63, 3.8) is 0 Å². The summed E-state index contributed by atoms with van der Waals surface area (Å²) in [7, 11) is 0.